The van der Waals surface area contributed by atoms with E-state index in [1.165, 1.54) is 97.2 Å². The third kappa shape index (κ3) is 4.51. The number of allylic oxidation sites excluding steroid dienone is 5. The number of nitrogens with one attached hydrogen (secondary N) is 1. The van der Waals surface area contributed by atoms with E-state index in [1.807, 2.05) is 11.3 Å². The van der Waals surface area contributed by atoms with Crippen LogP contribution in [-0.2, 0) is 5.41 Å². The highest BCUT2D eigenvalue weighted by Crippen LogP contribution is 2.54. The van der Waals surface area contributed by atoms with E-state index in [1.54, 1.807) is 0 Å². The zero-order valence-electron chi connectivity index (χ0n) is 31.8. The first-order valence-electron chi connectivity index (χ1n) is 19.9. The average molecular weight is 740 g/mol. The maximum atomic E-state index is 4.35. The van der Waals surface area contributed by atoms with Gasteiger partial charge in [-0.2, -0.15) is 0 Å². The van der Waals surface area contributed by atoms with Crippen molar-refractivity contribution in [3.05, 3.63) is 184 Å². The summed E-state index contributed by atoms with van der Waals surface area (Å²) in [7, 11) is 2.34. The minimum atomic E-state index is -0.243. The second-order valence-electron chi connectivity index (χ2n) is 16.6. The van der Waals surface area contributed by atoms with Gasteiger partial charge in [-0.15, -0.1) is 11.3 Å². The molecule has 3 atom stereocenters. The standard InChI is InChI=1S/C52H41N3S/c1-52(2)43-28-36(35-21-20-31-12-4-5-13-32(31)26-35)22-25-41(43)49-50(52)53-51(48(54(49)3)37-23-24-40-39-17-9-11-19-46(39)56-47(40)30-37)55-44-18-10-8-16-38(44)42-27-33-14-6-7-15-34(33)29-45(42)55/h4-14,16-30,34,48,51,53H,15H2,1-3H3. The van der Waals surface area contributed by atoms with Gasteiger partial charge in [-0.3, -0.25) is 0 Å². The topological polar surface area (TPSA) is 20.2 Å². The summed E-state index contributed by atoms with van der Waals surface area (Å²) in [5.74, 6) is 0.376. The predicted molar refractivity (Wildman–Crippen MR) is 237 cm³/mol. The SMILES string of the molecule is CN1C2=C(NC(n3c4c(c5ccccc53)=CC3=CC=CCC3C=4)C1c1ccc3c(c1)sc1ccccc13)C(C)(C)c1cc(-c3ccc4ccccc4c3)ccc12. The maximum Gasteiger partial charge on any atom is 0.129 e. The first-order chi connectivity index (χ1) is 27.4. The molecule has 4 heteroatoms. The second-order valence-corrected chi connectivity index (χ2v) is 17.7. The van der Waals surface area contributed by atoms with Crippen molar-refractivity contribution in [3.63, 3.8) is 0 Å². The molecule has 0 saturated heterocycles. The zero-order chi connectivity index (χ0) is 37.3. The Morgan fingerprint density at radius 3 is 2.41 bits per heavy atom. The van der Waals surface area contributed by atoms with Crippen molar-refractivity contribution in [3.8, 4) is 11.1 Å². The lowest BCUT2D eigenvalue weighted by Gasteiger charge is -2.45. The summed E-state index contributed by atoms with van der Waals surface area (Å²) in [6, 6.07) is 47.8. The van der Waals surface area contributed by atoms with Crippen LogP contribution in [0.25, 0.3) is 70.8 Å². The molecular weight excluding hydrogens is 699 g/mol. The number of nitrogens with zero attached hydrogens (tertiary/aromatic N) is 2. The van der Waals surface area contributed by atoms with E-state index in [4.69, 9.17) is 0 Å². The Kier molecular flexibility index (Phi) is 6.73. The lowest BCUT2D eigenvalue weighted by atomic mass is 9.82. The average Bonchev–Trinajstić information content (AvgIpc) is 3.84. The van der Waals surface area contributed by atoms with E-state index in [-0.39, 0.29) is 17.6 Å². The molecule has 0 saturated carbocycles. The lowest BCUT2D eigenvalue weighted by Crippen LogP contribution is -2.50. The van der Waals surface area contributed by atoms with Crippen molar-refractivity contribution in [2.75, 3.05) is 7.05 Å². The molecule has 3 nitrogen and oxygen atoms in total. The Morgan fingerprint density at radius 1 is 0.732 bits per heavy atom. The molecule has 0 bridgehead atoms. The van der Waals surface area contributed by atoms with Gasteiger partial charge in [-0.1, -0.05) is 135 Å². The normalized spacial score (nSPS) is 20.7. The Hall–Kier alpha value is -6.10. The minimum Gasteiger partial charge on any atom is -0.364 e. The molecule has 3 unspecified atom stereocenters. The van der Waals surface area contributed by atoms with E-state index in [0.29, 0.717) is 5.92 Å². The summed E-state index contributed by atoms with van der Waals surface area (Å²) < 4.78 is 5.33. The van der Waals surface area contributed by atoms with Gasteiger partial charge in [-0.05, 0) is 81.4 Å². The van der Waals surface area contributed by atoms with Crippen LogP contribution in [-0.4, -0.2) is 16.5 Å². The van der Waals surface area contributed by atoms with Crippen LogP contribution in [0, 0.1) is 5.92 Å². The molecule has 270 valence electrons. The fourth-order valence-electron chi connectivity index (χ4n) is 10.4. The summed E-state index contributed by atoms with van der Waals surface area (Å²) in [4.78, 5) is 2.61. The van der Waals surface area contributed by atoms with Gasteiger partial charge in [0, 0.05) is 65.8 Å². The molecule has 1 N–H and O–H groups in total. The molecule has 1 aliphatic heterocycles. The van der Waals surface area contributed by atoms with Gasteiger partial charge in [0.25, 0.3) is 0 Å². The summed E-state index contributed by atoms with van der Waals surface area (Å²) in [5, 5.41) is 13.5. The van der Waals surface area contributed by atoms with Crippen molar-refractivity contribution in [2.24, 2.45) is 5.92 Å². The molecule has 4 aliphatic rings. The van der Waals surface area contributed by atoms with Crippen molar-refractivity contribution in [1.82, 2.24) is 14.8 Å². The van der Waals surface area contributed by atoms with Crippen LogP contribution in [0.5, 0.6) is 0 Å². The molecule has 3 heterocycles. The quantitative estimate of drug-likeness (QED) is 0.195. The number of benzene rings is 6. The molecule has 0 fully saturated rings. The fraction of sp³-hybridized carbons (Fsp3) is 0.154. The Balaban J connectivity index is 1.07. The van der Waals surface area contributed by atoms with E-state index >= 15 is 0 Å². The van der Waals surface area contributed by atoms with E-state index in [0.717, 1.165) is 6.42 Å². The number of thiophene rings is 1. The third-order valence-corrected chi connectivity index (χ3v) is 14.3. The van der Waals surface area contributed by atoms with Crippen LogP contribution in [0.2, 0.25) is 0 Å². The lowest BCUT2D eigenvalue weighted by molar-refractivity contribution is 0.200. The van der Waals surface area contributed by atoms with Crippen molar-refractivity contribution in [1.29, 1.82) is 0 Å². The number of aromatic nitrogens is 1. The van der Waals surface area contributed by atoms with Crippen molar-refractivity contribution >= 4 is 71.0 Å². The van der Waals surface area contributed by atoms with Crippen LogP contribution in [0.4, 0.5) is 0 Å². The highest BCUT2D eigenvalue weighted by molar-refractivity contribution is 7.25. The van der Waals surface area contributed by atoms with Crippen molar-refractivity contribution < 1.29 is 0 Å². The van der Waals surface area contributed by atoms with Crippen LogP contribution in [0.3, 0.4) is 0 Å². The molecule has 0 spiro atoms. The van der Waals surface area contributed by atoms with Gasteiger partial charge < -0.3 is 14.8 Å². The Bertz CT molecular complexity index is 3220. The van der Waals surface area contributed by atoms with Crippen LogP contribution < -0.4 is 15.9 Å². The molecule has 12 rings (SSSR count). The zero-order valence-corrected chi connectivity index (χ0v) is 32.6. The minimum absolute atomic E-state index is 0.0155. The summed E-state index contributed by atoms with van der Waals surface area (Å²) in [5.41, 5.74) is 11.6. The predicted octanol–water partition coefficient (Wildman–Crippen LogP) is 11.3. The first kappa shape index (κ1) is 32.2. The van der Waals surface area contributed by atoms with Crippen LogP contribution in [0.15, 0.2) is 157 Å². The largest absolute Gasteiger partial charge is 0.364 e. The van der Waals surface area contributed by atoms with Crippen LogP contribution >= 0.6 is 11.3 Å². The monoisotopic (exact) mass is 739 g/mol. The van der Waals surface area contributed by atoms with Crippen molar-refractivity contribution in [2.45, 2.75) is 37.9 Å². The smallest absolute Gasteiger partial charge is 0.129 e. The molecule has 2 aromatic heterocycles. The van der Waals surface area contributed by atoms with Gasteiger partial charge in [0.2, 0.25) is 0 Å². The maximum absolute atomic E-state index is 4.35. The first-order valence-corrected chi connectivity index (χ1v) is 20.7. The van der Waals surface area contributed by atoms with Crippen LogP contribution in [0.1, 0.15) is 49.2 Å². The summed E-state index contributed by atoms with van der Waals surface area (Å²) >= 11 is 1.90. The molecule has 0 amide bonds. The number of hydrogen-bond acceptors (Lipinski definition) is 3. The summed E-state index contributed by atoms with van der Waals surface area (Å²) in [6.45, 7) is 4.82. The second kappa shape index (κ2) is 11.7. The van der Waals surface area contributed by atoms with Gasteiger partial charge in [0.15, 0.2) is 0 Å². The van der Waals surface area contributed by atoms with E-state index in [2.05, 4.69) is 193 Å². The van der Waals surface area contributed by atoms with E-state index in [9.17, 15) is 0 Å². The number of likely N-dealkylation sites (N-methyl/N-ethyl adjacent to an activating group) is 1. The van der Waals surface area contributed by atoms with Gasteiger partial charge in [0.1, 0.15) is 6.17 Å². The summed E-state index contributed by atoms with van der Waals surface area (Å²) in [6.07, 6.45) is 12.8. The van der Waals surface area contributed by atoms with Gasteiger partial charge in [-0.25, -0.2) is 0 Å². The highest BCUT2D eigenvalue weighted by Gasteiger charge is 2.47. The number of rotatable bonds is 3. The number of hydrogen-bond donors (Lipinski definition) is 1. The van der Waals surface area contributed by atoms with E-state index < -0.39 is 0 Å². The molecule has 56 heavy (non-hydrogen) atoms. The molecular formula is C52H41N3S. The number of para-hydroxylation sites is 1. The Morgan fingerprint density at radius 2 is 1.50 bits per heavy atom. The third-order valence-electron chi connectivity index (χ3n) is 13.2. The molecule has 0 radical (unpaired) electrons. The molecule has 3 aliphatic carbocycles. The van der Waals surface area contributed by atoms with Gasteiger partial charge in [0.05, 0.1) is 17.3 Å². The number of fused-ring (bicyclic) bond motifs is 10. The van der Waals surface area contributed by atoms with Gasteiger partial charge >= 0.3 is 0 Å². The molecule has 6 aromatic carbocycles. The Labute approximate surface area is 330 Å². The molecule has 8 aromatic rings. The highest BCUT2D eigenvalue weighted by atomic mass is 32.1. The fourth-order valence-corrected chi connectivity index (χ4v) is 11.5.